The van der Waals surface area contributed by atoms with E-state index in [1.807, 2.05) is 12.1 Å². The Hall–Kier alpha value is -1.38. The monoisotopic (exact) mass is 278 g/mol. The van der Waals surface area contributed by atoms with Crippen LogP contribution in [-0.4, -0.2) is 25.8 Å². The Labute approximate surface area is 114 Å². The Bertz CT molecular complexity index is 602. The summed E-state index contributed by atoms with van der Waals surface area (Å²) >= 11 is 0. The van der Waals surface area contributed by atoms with Crippen LogP contribution in [0.4, 0.5) is 0 Å². The van der Waals surface area contributed by atoms with Gasteiger partial charge in [-0.3, -0.25) is 0 Å². The Morgan fingerprint density at radius 1 is 1.26 bits per heavy atom. The fourth-order valence-electron chi connectivity index (χ4n) is 2.46. The van der Waals surface area contributed by atoms with Gasteiger partial charge in [0.15, 0.2) is 0 Å². The summed E-state index contributed by atoms with van der Waals surface area (Å²) in [6.45, 7) is 1.95. The van der Waals surface area contributed by atoms with E-state index in [0.29, 0.717) is 11.4 Å². The summed E-state index contributed by atoms with van der Waals surface area (Å²) in [6, 6.07) is 7.27. The van der Waals surface area contributed by atoms with Crippen molar-refractivity contribution < 1.29 is 8.42 Å². The van der Waals surface area contributed by atoms with Gasteiger partial charge in [-0.2, -0.15) is 9.57 Å². The maximum atomic E-state index is 12.4. The molecular weight excluding hydrogens is 260 g/mol. The number of nitriles is 1. The third-order valence-electron chi connectivity index (χ3n) is 3.56. The number of sulfonamides is 1. The van der Waals surface area contributed by atoms with Crippen molar-refractivity contribution in [3.63, 3.8) is 0 Å². The maximum Gasteiger partial charge on any atom is 0.244 e. The zero-order chi connectivity index (χ0) is 13.9. The zero-order valence-electron chi connectivity index (χ0n) is 11.1. The summed E-state index contributed by atoms with van der Waals surface area (Å²) in [5.41, 5.74) is 2.40. The molecule has 0 atom stereocenters. The van der Waals surface area contributed by atoms with Gasteiger partial charge in [-0.1, -0.05) is 13.0 Å². The smallest absolute Gasteiger partial charge is 0.207 e. The Morgan fingerprint density at radius 2 is 1.95 bits per heavy atom. The highest BCUT2D eigenvalue weighted by atomic mass is 32.2. The third kappa shape index (κ3) is 2.80. The van der Waals surface area contributed by atoms with Gasteiger partial charge in [-0.25, -0.2) is 8.42 Å². The van der Waals surface area contributed by atoms with Gasteiger partial charge in [0.1, 0.15) is 6.54 Å². The molecule has 1 aromatic carbocycles. The molecule has 0 heterocycles. The van der Waals surface area contributed by atoms with Crippen molar-refractivity contribution in [3.8, 4) is 6.07 Å². The lowest BCUT2D eigenvalue weighted by atomic mass is 9.92. The van der Waals surface area contributed by atoms with Crippen molar-refractivity contribution in [1.29, 1.82) is 5.26 Å². The van der Waals surface area contributed by atoms with Gasteiger partial charge in [0, 0.05) is 6.54 Å². The minimum atomic E-state index is -3.54. The minimum absolute atomic E-state index is 0.101. The molecule has 0 saturated carbocycles. The van der Waals surface area contributed by atoms with E-state index < -0.39 is 10.0 Å². The predicted octanol–water partition coefficient (Wildman–Crippen LogP) is 2.10. The van der Waals surface area contributed by atoms with Gasteiger partial charge < -0.3 is 0 Å². The Kier molecular flexibility index (Phi) is 4.23. The summed E-state index contributed by atoms with van der Waals surface area (Å²) in [7, 11) is -3.54. The first kappa shape index (κ1) is 14.0. The molecule has 1 aromatic rings. The van der Waals surface area contributed by atoms with Crippen molar-refractivity contribution in [2.75, 3.05) is 13.1 Å². The highest BCUT2D eigenvalue weighted by molar-refractivity contribution is 7.89. The van der Waals surface area contributed by atoms with Gasteiger partial charge in [0.2, 0.25) is 10.0 Å². The van der Waals surface area contributed by atoms with Crippen LogP contribution in [0.15, 0.2) is 23.1 Å². The van der Waals surface area contributed by atoms with E-state index in [1.54, 1.807) is 19.1 Å². The number of rotatable bonds is 4. The first-order chi connectivity index (χ1) is 9.09. The molecule has 0 unspecified atom stereocenters. The number of benzene rings is 1. The fraction of sp³-hybridized carbons (Fsp3) is 0.500. The van der Waals surface area contributed by atoms with Crippen LogP contribution in [0.1, 0.15) is 30.9 Å². The van der Waals surface area contributed by atoms with E-state index in [4.69, 9.17) is 5.26 Å². The minimum Gasteiger partial charge on any atom is -0.207 e. The first-order valence-corrected chi connectivity index (χ1v) is 8.02. The van der Waals surface area contributed by atoms with Crippen molar-refractivity contribution >= 4 is 10.0 Å². The van der Waals surface area contributed by atoms with Crippen molar-refractivity contribution in [1.82, 2.24) is 4.31 Å². The van der Waals surface area contributed by atoms with E-state index in [1.165, 1.54) is 16.3 Å². The molecule has 0 spiro atoms. The molecule has 0 amide bonds. The fourth-order valence-corrected chi connectivity index (χ4v) is 3.86. The second-order valence-electron chi connectivity index (χ2n) is 4.73. The molecule has 0 radical (unpaired) electrons. The van der Waals surface area contributed by atoms with Crippen LogP contribution in [0.3, 0.4) is 0 Å². The summed E-state index contributed by atoms with van der Waals surface area (Å²) in [4.78, 5) is 0.310. The molecule has 0 bridgehead atoms. The predicted molar refractivity (Wildman–Crippen MR) is 73.1 cm³/mol. The number of nitrogens with zero attached hydrogens (tertiary/aromatic N) is 2. The van der Waals surface area contributed by atoms with E-state index >= 15 is 0 Å². The Balaban J connectivity index is 2.38. The lowest BCUT2D eigenvalue weighted by Gasteiger charge is -2.20. The second kappa shape index (κ2) is 5.72. The largest absolute Gasteiger partial charge is 0.244 e. The van der Waals surface area contributed by atoms with Crippen LogP contribution in [-0.2, 0) is 22.9 Å². The average molecular weight is 278 g/mol. The summed E-state index contributed by atoms with van der Waals surface area (Å²) < 4.78 is 26.0. The van der Waals surface area contributed by atoms with Crippen LogP contribution in [0, 0.1) is 11.3 Å². The molecule has 5 heteroatoms. The van der Waals surface area contributed by atoms with E-state index in [0.717, 1.165) is 24.8 Å². The SMILES string of the molecule is CCN(CC#N)S(=O)(=O)c1ccc2c(c1)CCCC2. The van der Waals surface area contributed by atoms with Gasteiger partial charge >= 0.3 is 0 Å². The molecule has 1 aliphatic carbocycles. The Morgan fingerprint density at radius 3 is 2.58 bits per heavy atom. The molecule has 0 fully saturated rings. The van der Waals surface area contributed by atoms with Crippen LogP contribution in [0.25, 0.3) is 0 Å². The van der Waals surface area contributed by atoms with Crippen LogP contribution >= 0.6 is 0 Å². The van der Waals surface area contributed by atoms with Crippen molar-refractivity contribution in [2.45, 2.75) is 37.5 Å². The van der Waals surface area contributed by atoms with Gasteiger partial charge in [-0.05, 0) is 48.9 Å². The summed E-state index contributed by atoms with van der Waals surface area (Å²) in [5.74, 6) is 0. The first-order valence-electron chi connectivity index (χ1n) is 6.58. The summed E-state index contributed by atoms with van der Waals surface area (Å²) in [6.07, 6.45) is 4.27. The normalized spacial score (nSPS) is 15.0. The number of fused-ring (bicyclic) bond motifs is 1. The van der Waals surface area contributed by atoms with Crippen LogP contribution in [0.2, 0.25) is 0 Å². The maximum absolute atomic E-state index is 12.4. The van der Waals surface area contributed by atoms with E-state index in [2.05, 4.69) is 0 Å². The van der Waals surface area contributed by atoms with Gasteiger partial charge in [0.05, 0.1) is 11.0 Å². The molecule has 0 N–H and O–H groups in total. The molecule has 102 valence electrons. The van der Waals surface area contributed by atoms with Crippen molar-refractivity contribution in [2.24, 2.45) is 0 Å². The molecule has 1 aliphatic rings. The number of aryl methyl sites for hydroxylation is 2. The lowest BCUT2D eigenvalue weighted by Crippen LogP contribution is -2.31. The molecule has 19 heavy (non-hydrogen) atoms. The van der Waals surface area contributed by atoms with Crippen LogP contribution < -0.4 is 0 Å². The quantitative estimate of drug-likeness (QED) is 0.792. The second-order valence-corrected chi connectivity index (χ2v) is 6.66. The molecule has 0 aliphatic heterocycles. The highest BCUT2D eigenvalue weighted by Gasteiger charge is 2.24. The van der Waals surface area contributed by atoms with Crippen LogP contribution in [0.5, 0.6) is 0 Å². The van der Waals surface area contributed by atoms with Crippen molar-refractivity contribution in [3.05, 3.63) is 29.3 Å². The van der Waals surface area contributed by atoms with E-state index in [9.17, 15) is 8.42 Å². The number of hydrogen-bond donors (Lipinski definition) is 0. The highest BCUT2D eigenvalue weighted by Crippen LogP contribution is 2.25. The lowest BCUT2D eigenvalue weighted by molar-refractivity contribution is 0.462. The molecule has 0 aromatic heterocycles. The third-order valence-corrected chi connectivity index (χ3v) is 5.47. The van der Waals surface area contributed by atoms with Gasteiger partial charge in [-0.15, -0.1) is 0 Å². The zero-order valence-corrected chi connectivity index (χ0v) is 11.9. The van der Waals surface area contributed by atoms with Gasteiger partial charge in [0.25, 0.3) is 0 Å². The average Bonchev–Trinajstić information content (AvgIpc) is 2.44. The molecule has 2 rings (SSSR count). The van der Waals surface area contributed by atoms with E-state index in [-0.39, 0.29) is 6.54 Å². The standard InChI is InChI=1S/C14H18N2O2S/c1-2-16(10-9-15)19(17,18)14-8-7-12-5-3-4-6-13(12)11-14/h7-8,11H,2-6,10H2,1H3. The summed E-state index contributed by atoms with van der Waals surface area (Å²) in [5, 5.41) is 8.71. The molecule has 0 saturated heterocycles. The topological polar surface area (TPSA) is 61.2 Å². The number of hydrogen-bond acceptors (Lipinski definition) is 3. The molecular formula is C14H18N2O2S. The molecule has 4 nitrogen and oxygen atoms in total.